The van der Waals surface area contributed by atoms with Gasteiger partial charge in [-0.05, 0) is 24.1 Å². The van der Waals surface area contributed by atoms with Crippen molar-refractivity contribution < 1.29 is 13.5 Å². The highest BCUT2D eigenvalue weighted by atomic mass is 19.2. The van der Waals surface area contributed by atoms with Gasteiger partial charge in [-0.2, -0.15) is 0 Å². The van der Waals surface area contributed by atoms with E-state index in [1.165, 1.54) is 12.4 Å². The predicted molar refractivity (Wildman–Crippen MR) is 94.1 cm³/mol. The van der Waals surface area contributed by atoms with Gasteiger partial charge in [-0.1, -0.05) is 19.9 Å². The highest BCUT2D eigenvalue weighted by Crippen LogP contribution is 2.26. The number of anilines is 1. The number of pyridine rings is 1. The third kappa shape index (κ3) is 4.11. The Morgan fingerprint density at radius 2 is 1.96 bits per heavy atom. The van der Waals surface area contributed by atoms with E-state index in [4.69, 9.17) is 4.74 Å². The molecule has 3 aromatic rings. The average molecular weight is 356 g/mol. The van der Waals surface area contributed by atoms with Crippen LogP contribution in [0.4, 0.5) is 14.6 Å². The van der Waals surface area contributed by atoms with Crippen molar-refractivity contribution in [1.82, 2.24) is 15.0 Å². The molecule has 134 valence electrons. The molecule has 0 saturated heterocycles. The molecule has 0 saturated carbocycles. The standard InChI is InChI=1S/C19H18F2N4O/c1-12(2)15-10-22-11-25-18(15)24-9-13-4-3-7-23-19(13)26-14-5-6-16(20)17(21)8-14/h3-8,10-12H,9H2,1-2H3,(H,22,24,25). The average Bonchev–Trinajstić information content (AvgIpc) is 2.64. The van der Waals surface area contributed by atoms with Crippen LogP contribution in [0.3, 0.4) is 0 Å². The SMILES string of the molecule is CC(C)c1cncnc1NCc1cccnc1Oc1ccc(F)c(F)c1. The Morgan fingerprint density at radius 1 is 1.12 bits per heavy atom. The molecule has 0 spiro atoms. The molecule has 0 aliphatic rings. The molecule has 0 atom stereocenters. The van der Waals surface area contributed by atoms with E-state index in [1.807, 2.05) is 6.07 Å². The Kier molecular flexibility index (Phi) is 5.36. The lowest BCUT2D eigenvalue weighted by molar-refractivity contribution is 0.443. The molecule has 7 heteroatoms. The van der Waals surface area contributed by atoms with Crippen molar-refractivity contribution in [1.29, 1.82) is 0 Å². The fourth-order valence-corrected chi connectivity index (χ4v) is 2.39. The molecule has 0 amide bonds. The second kappa shape index (κ2) is 7.86. The van der Waals surface area contributed by atoms with Crippen molar-refractivity contribution in [3.8, 4) is 11.6 Å². The molecule has 0 bridgehead atoms. The minimum Gasteiger partial charge on any atom is -0.439 e. The van der Waals surface area contributed by atoms with E-state index < -0.39 is 11.6 Å². The molecule has 1 N–H and O–H groups in total. The third-order valence-corrected chi connectivity index (χ3v) is 3.76. The maximum Gasteiger partial charge on any atom is 0.224 e. The zero-order valence-corrected chi connectivity index (χ0v) is 14.4. The van der Waals surface area contributed by atoms with Gasteiger partial charge >= 0.3 is 0 Å². The van der Waals surface area contributed by atoms with Crippen LogP contribution in [0.2, 0.25) is 0 Å². The summed E-state index contributed by atoms with van der Waals surface area (Å²) in [6, 6.07) is 6.97. The summed E-state index contributed by atoms with van der Waals surface area (Å²) in [5, 5.41) is 3.25. The van der Waals surface area contributed by atoms with Crippen LogP contribution in [0.1, 0.15) is 30.9 Å². The maximum absolute atomic E-state index is 13.4. The molecule has 0 aliphatic heterocycles. The van der Waals surface area contributed by atoms with Crippen LogP contribution < -0.4 is 10.1 Å². The van der Waals surface area contributed by atoms with E-state index in [9.17, 15) is 8.78 Å². The van der Waals surface area contributed by atoms with Gasteiger partial charge in [0.2, 0.25) is 5.88 Å². The first kappa shape index (κ1) is 17.7. The van der Waals surface area contributed by atoms with E-state index >= 15 is 0 Å². The van der Waals surface area contributed by atoms with Crippen LogP contribution in [-0.2, 0) is 6.54 Å². The fourth-order valence-electron chi connectivity index (χ4n) is 2.39. The first-order valence-corrected chi connectivity index (χ1v) is 8.15. The lowest BCUT2D eigenvalue weighted by Crippen LogP contribution is -2.07. The number of hydrogen-bond donors (Lipinski definition) is 1. The lowest BCUT2D eigenvalue weighted by atomic mass is 10.1. The number of nitrogens with zero attached hydrogens (tertiary/aromatic N) is 3. The summed E-state index contributed by atoms with van der Waals surface area (Å²) in [4.78, 5) is 12.5. The molecule has 3 rings (SSSR count). The molecule has 0 unspecified atom stereocenters. The number of rotatable bonds is 6. The Bertz CT molecular complexity index is 902. The van der Waals surface area contributed by atoms with Crippen molar-refractivity contribution in [2.24, 2.45) is 0 Å². The Labute approximate surface area is 150 Å². The summed E-state index contributed by atoms with van der Waals surface area (Å²) in [7, 11) is 0. The molecular weight excluding hydrogens is 338 g/mol. The van der Waals surface area contributed by atoms with Crippen LogP contribution >= 0.6 is 0 Å². The maximum atomic E-state index is 13.4. The van der Waals surface area contributed by atoms with Crippen LogP contribution in [0.5, 0.6) is 11.6 Å². The van der Waals surface area contributed by atoms with Crippen molar-refractivity contribution >= 4 is 5.82 Å². The number of nitrogens with one attached hydrogen (secondary N) is 1. The van der Waals surface area contributed by atoms with Gasteiger partial charge in [0, 0.05) is 36.1 Å². The van der Waals surface area contributed by atoms with E-state index in [0.29, 0.717) is 12.4 Å². The minimum absolute atomic E-state index is 0.175. The molecule has 0 radical (unpaired) electrons. The van der Waals surface area contributed by atoms with E-state index in [1.54, 1.807) is 18.5 Å². The van der Waals surface area contributed by atoms with Gasteiger partial charge in [0.1, 0.15) is 17.9 Å². The van der Waals surface area contributed by atoms with E-state index in [0.717, 1.165) is 29.1 Å². The van der Waals surface area contributed by atoms with Gasteiger partial charge < -0.3 is 10.1 Å². The predicted octanol–water partition coefficient (Wildman–Crippen LogP) is 4.68. The van der Waals surface area contributed by atoms with E-state index in [2.05, 4.69) is 34.1 Å². The minimum atomic E-state index is -0.972. The first-order chi connectivity index (χ1) is 12.5. The van der Waals surface area contributed by atoms with Gasteiger partial charge in [-0.25, -0.2) is 23.7 Å². The van der Waals surface area contributed by atoms with Crippen LogP contribution in [0.15, 0.2) is 49.1 Å². The van der Waals surface area contributed by atoms with Gasteiger partial charge in [-0.15, -0.1) is 0 Å². The second-order valence-electron chi connectivity index (χ2n) is 5.98. The molecule has 0 fully saturated rings. The summed E-state index contributed by atoms with van der Waals surface area (Å²) in [6.45, 7) is 4.53. The lowest BCUT2D eigenvalue weighted by Gasteiger charge is -2.14. The topological polar surface area (TPSA) is 59.9 Å². The zero-order chi connectivity index (χ0) is 18.5. The molecule has 5 nitrogen and oxygen atoms in total. The molecule has 26 heavy (non-hydrogen) atoms. The quantitative estimate of drug-likeness (QED) is 0.695. The van der Waals surface area contributed by atoms with Crippen LogP contribution in [0.25, 0.3) is 0 Å². The monoisotopic (exact) mass is 356 g/mol. The molecule has 1 aromatic carbocycles. The van der Waals surface area contributed by atoms with Crippen molar-refractivity contribution in [3.63, 3.8) is 0 Å². The van der Waals surface area contributed by atoms with Crippen molar-refractivity contribution in [2.45, 2.75) is 26.3 Å². The largest absolute Gasteiger partial charge is 0.439 e. The van der Waals surface area contributed by atoms with Gasteiger partial charge in [-0.3, -0.25) is 0 Å². The molecular formula is C19H18F2N4O. The van der Waals surface area contributed by atoms with Crippen molar-refractivity contribution in [3.05, 3.63) is 71.8 Å². The summed E-state index contributed by atoms with van der Waals surface area (Å²) < 4.78 is 32.1. The second-order valence-corrected chi connectivity index (χ2v) is 5.98. The Hall–Kier alpha value is -3.09. The zero-order valence-electron chi connectivity index (χ0n) is 14.4. The fraction of sp³-hybridized carbons (Fsp3) is 0.211. The van der Waals surface area contributed by atoms with Crippen LogP contribution in [0, 0.1) is 11.6 Å². The number of benzene rings is 1. The first-order valence-electron chi connectivity index (χ1n) is 8.15. The Morgan fingerprint density at radius 3 is 2.73 bits per heavy atom. The smallest absolute Gasteiger partial charge is 0.224 e. The number of hydrogen-bond acceptors (Lipinski definition) is 5. The Balaban J connectivity index is 1.78. The van der Waals surface area contributed by atoms with Crippen molar-refractivity contribution in [2.75, 3.05) is 5.32 Å². The number of halogens is 2. The van der Waals surface area contributed by atoms with Gasteiger partial charge in [0.25, 0.3) is 0 Å². The van der Waals surface area contributed by atoms with E-state index in [-0.39, 0.29) is 11.7 Å². The molecule has 2 aromatic heterocycles. The highest BCUT2D eigenvalue weighted by Gasteiger charge is 2.11. The number of aromatic nitrogens is 3. The normalized spacial score (nSPS) is 10.8. The number of ether oxygens (including phenoxy) is 1. The molecule has 2 heterocycles. The highest BCUT2D eigenvalue weighted by molar-refractivity contribution is 5.45. The molecule has 0 aliphatic carbocycles. The van der Waals surface area contributed by atoms with Gasteiger partial charge in [0.15, 0.2) is 11.6 Å². The third-order valence-electron chi connectivity index (χ3n) is 3.76. The van der Waals surface area contributed by atoms with Gasteiger partial charge in [0.05, 0.1) is 0 Å². The summed E-state index contributed by atoms with van der Waals surface area (Å²) in [5.41, 5.74) is 1.75. The summed E-state index contributed by atoms with van der Waals surface area (Å²) in [6.07, 6.45) is 4.83. The van der Waals surface area contributed by atoms with Crippen LogP contribution in [-0.4, -0.2) is 15.0 Å². The summed E-state index contributed by atoms with van der Waals surface area (Å²) >= 11 is 0. The summed E-state index contributed by atoms with van der Waals surface area (Å²) in [5.74, 6) is -0.408.